The number of rotatable bonds is 4. The Bertz CT molecular complexity index is 323. The topological polar surface area (TPSA) is 12.5 Å². The van der Waals surface area contributed by atoms with E-state index in [1.165, 1.54) is 24.9 Å². The Balaban J connectivity index is 1.85. The van der Waals surface area contributed by atoms with Crippen molar-refractivity contribution in [1.29, 1.82) is 0 Å². The van der Waals surface area contributed by atoms with E-state index in [2.05, 4.69) is 49.1 Å². The lowest BCUT2D eigenvalue weighted by molar-refractivity contribution is -0.0347. The van der Waals surface area contributed by atoms with Gasteiger partial charge in [0.25, 0.3) is 0 Å². The molecule has 1 aliphatic rings. The maximum absolute atomic E-state index is 5.92. The highest BCUT2D eigenvalue weighted by atomic mass is 16.5. The summed E-state index contributed by atoms with van der Waals surface area (Å²) in [5, 5.41) is 0. The van der Waals surface area contributed by atoms with Gasteiger partial charge in [-0.15, -0.1) is 0 Å². The molecule has 0 saturated carbocycles. The van der Waals surface area contributed by atoms with Crippen molar-refractivity contribution in [2.45, 2.75) is 45.4 Å². The van der Waals surface area contributed by atoms with Crippen molar-refractivity contribution < 1.29 is 4.74 Å². The van der Waals surface area contributed by atoms with E-state index in [9.17, 15) is 0 Å². The van der Waals surface area contributed by atoms with Crippen molar-refractivity contribution in [3.05, 3.63) is 35.9 Å². The van der Waals surface area contributed by atoms with Crippen LogP contribution in [0.3, 0.4) is 0 Å². The van der Waals surface area contributed by atoms with Crippen LogP contribution in [-0.2, 0) is 11.3 Å². The first-order valence-corrected chi connectivity index (χ1v) is 6.66. The quantitative estimate of drug-likeness (QED) is 0.792. The maximum Gasteiger partial charge on any atom is 0.0706 e. The van der Waals surface area contributed by atoms with Crippen molar-refractivity contribution in [2.24, 2.45) is 0 Å². The van der Waals surface area contributed by atoms with E-state index >= 15 is 0 Å². The van der Waals surface area contributed by atoms with Crippen LogP contribution in [0.25, 0.3) is 0 Å². The molecule has 0 bridgehead atoms. The lowest BCUT2D eigenvalue weighted by atomic mass is 10.1. The minimum atomic E-state index is 0.344. The number of benzene rings is 1. The van der Waals surface area contributed by atoms with Crippen LogP contribution in [0.15, 0.2) is 30.3 Å². The molecular weight excluding hydrogens is 210 g/mol. The summed E-state index contributed by atoms with van der Waals surface area (Å²) in [6.45, 7) is 7.57. The van der Waals surface area contributed by atoms with Crippen LogP contribution in [0.2, 0.25) is 0 Å². The fourth-order valence-corrected chi connectivity index (χ4v) is 2.49. The SMILES string of the molecule is CC(C)OC1CCCN(Cc2ccccc2)C1. The molecule has 1 atom stereocenters. The first kappa shape index (κ1) is 12.6. The smallest absolute Gasteiger partial charge is 0.0706 e. The molecule has 2 nitrogen and oxygen atoms in total. The summed E-state index contributed by atoms with van der Waals surface area (Å²) < 4.78 is 5.92. The number of piperidine rings is 1. The molecule has 1 aromatic carbocycles. The summed E-state index contributed by atoms with van der Waals surface area (Å²) in [4.78, 5) is 2.51. The van der Waals surface area contributed by atoms with Gasteiger partial charge in [0.15, 0.2) is 0 Å². The minimum absolute atomic E-state index is 0.344. The van der Waals surface area contributed by atoms with Gasteiger partial charge in [-0.1, -0.05) is 30.3 Å². The van der Waals surface area contributed by atoms with Gasteiger partial charge in [0.1, 0.15) is 0 Å². The van der Waals surface area contributed by atoms with Crippen molar-refractivity contribution >= 4 is 0 Å². The molecule has 1 saturated heterocycles. The van der Waals surface area contributed by atoms with Crippen molar-refractivity contribution in [3.63, 3.8) is 0 Å². The number of hydrogen-bond donors (Lipinski definition) is 0. The molecule has 2 rings (SSSR count). The van der Waals surface area contributed by atoms with E-state index < -0.39 is 0 Å². The van der Waals surface area contributed by atoms with Gasteiger partial charge in [0.2, 0.25) is 0 Å². The minimum Gasteiger partial charge on any atom is -0.374 e. The molecule has 2 heteroatoms. The Hall–Kier alpha value is -0.860. The van der Waals surface area contributed by atoms with Gasteiger partial charge >= 0.3 is 0 Å². The van der Waals surface area contributed by atoms with Gasteiger partial charge in [-0.25, -0.2) is 0 Å². The van der Waals surface area contributed by atoms with Crippen molar-refractivity contribution in [3.8, 4) is 0 Å². The van der Waals surface area contributed by atoms with Gasteiger partial charge in [0.05, 0.1) is 12.2 Å². The third-order valence-electron chi connectivity index (χ3n) is 3.18. The Morgan fingerprint density at radius 1 is 1.29 bits per heavy atom. The zero-order chi connectivity index (χ0) is 12.1. The average molecular weight is 233 g/mol. The van der Waals surface area contributed by atoms with Gasteiger partial charge in [-0.05, 0) is 38.8 Å². The second-order valence-electron chi connectivity index (χ2n) is 5.17. The van der Waals surface area contributed by atoms with E-state index in [0.717, 1.165) is 13.1 Å². The van der Waals surface area contributed by atoms with E-state index in [1.54, 1.807) is 0 Å². The molecule has 0 aromatic heterocycles. The average Bonchev–Trinajstić information content (AvgIpc) is 2.30. The lowest BCUT2D eigenvalue weighted by Gasteiger charge is -2.33. The van der Waals surface area contributed by atoms with Crippen LogP contribution >= 0.6 is 0 Å². The zero-order valence-corrected chi connectivity index (χ0v) is 10.9. The standard InChI is InChI=1S/C15H23NO/c1-13(2)17-15-9-6-10-16(12-15)11-14-7-4-3-5-8-14/h3-5,7-8,13,15H,6,9-12H2,1-2H3. The van der Waals surface area contributed by atoms with Gasteiger partial charge in [-0.2, -0.15) is 0 Å². The number of ether oxygens (including phenoxy) is 1. The summed E-state index contributed by atoms with van der Waals surface area (Å²) >= 11 is 0. The number of likely N-dealkylation sites (tertiary alicyclic amines) is 1. The van der Waals surface area contributed by atoms with Crippen LogP contribution < -0.4 is 0 Å². The van der Waals surface area contributed by atoms with Gasteiger partial charge in [-0.3, -0.25) is 4.90 Å². The number of hydrogen-bond acceptors (Lipinski definition) is 2. The molecule has 0 N–H and O–H groups in total. The Morgan fingerprint density at radius 2 is 2.06 bits per heavy atom. The molecular formula is C15H23NO. The van der Waals surface area contributed by atoms with E-state index in [0.29, 0.717) is 12.2 Å². The van der Waals surface area contributed by atoms with E-state index in [1.807, 2.05) is 0 Å². The monoisotopic (exact) mass is 233 g/mol. The first-order valence-electron chi connectivity index (χ1n) is 6.66. The first-order chi connectivity index (χ1) is 8.24. The normalized spacial score (nSPS) is 21.9. The molecule has 1 heterocycles. The molecule has 17 heavy (non-hydrogen) atoms. The van der Waals surface area contributed by atoms with Crippen molar-refractivity contribution in [1.82, 2.24) is 4.90 Å². The molecule has 0 spiro atoms. The van der Waals surface area contributed by atoms with Gasteiger partial charge in [0, 0.05) is 13.1 Å². The fraction of sp³-hybridized carbons (Fsp3) is 0.600. The number of nitrogens with zero attached hydrogens (tertiary/aromatic N) is 1. The van der Waals surface area contributed by atoms with Crippen molar-refractivity contribution in [2.75, 3.05) is 13.1 Å². The van der Waals surface area contributed by atoms with Crippen LogP contribution in [0, 0.1) is 0 Å². The Labute approximate surface area is 105 Å². The Kier molecular flexibility index (Phi) is 4.57. The highest BCUT2D eigenvalue weighted by molar-refractivity contribution is 5.14. The molecule has 1 fully saturated rings. The summed E-state index contributed by atoms with van der Waals surface area (Å²) in [5.74, 6) is 0. The molecule has 0 amide bonds. The van der Waals surface area contributed by atoms with Gasteiger partial charge < -0.3 is 4.74 Å². The predicted molar refractivity (Wildman–Crippen MR) is 71.0 cm³/mol. The summed E-state index contributed by atoms with van der Waals surface area (Å²) in [5.41, 5.74) is 1.40. The summed E-state index contributed by atoms with van der Waals surface area (Å²) in [7, 11) is 0. The van der Waals surface area contributed by atoms with Crippen LogP contribution in [0.1, 0.15) is 32.3 Å². The predicted octanol–water partition coefficient (Wildman–Crippen LogP) is 3.08. The highest BCUT2D eigenvalue weighted by Gasteiger charge is 2.20. The molecule has 0 radical (unpaired) electrons. The third kappa shape index (κ3) is 4.14. The lowest BCUT2D eigenvalue weighted by Crippen LogP contribution is -2.40. The fourth-order valence-electron chi connectivity index (χ4n) is 2.49. The molecule has 1 aromatic rings. The maximum atomic E-state index is 5.92. The molecule has 1 aliphatic heterocycles. The highest BCUT2D eigenvalue weighted by Crippen LogP contribution is 2.17. The second-order valence-corrected chi connectivity index (χ2v) is 5.17. The third-order valence-corrected chi connectivity index (χ3v) is 3.18. The van der Waals surface area contributed by atoms with Crippen LogP contribution in [0.5, 0.6) is 0 Å². The van der Waals surface area contributed by atoms with E-state index in [4.69, 9.17) is 4.74 Å². The molecule has 0 aliphatic carbocycles. The van der Waals surface area contributed by atoms with E-state index in [-0.39, 0.29) is 0 Å². The van der Waals surface area contributed by atoms with Crippen LogP contribution in [0.4, 0.5) is 0 Å². The van der Waals surface area contributed by atoms with Crippen LogP contribution in [-0.4, -0.2) is 30.2 Å². The zero-order valence-electron chi connectivity index (χ0n) is 10.9. The second kappa shape index (κ2) is 6.18. The summed E-state index contributed by atoms with van der Waals surface area (Å²) in [6.07, 6.45) is 3.23. The molecule has 1 unspecified atom stereocenters. The Morgan fingerprint density at radius 3 is 2.76 bits per heavy atom. The largest absolute Gasteiger partial charge is 0.374 e. The molecule has 94 valence electrons. The summed E-state index contributed by atoms with van der Waals surface area (Å²) in [6, 6.07) is 10.7.